The highest BCUT2D eigenvalue weighted by molar-refractivity contribution is 6.16. The summed E-state index contributed by atoms with van der Waals surface area (Å²) in [5.74, 6) is -0.0944. The molecular weight excluding hydrogens is 310 g/mol. The Bertz CT molecular complexity index is 672. The zero-order valence-electron chi connectivity index (χ0n) is 13.7. The van der Waals surface area contributed by atoms with E-state index in [4.69, 9.17) is 0 Å². The summed E-state index contributed by atoms with van der Waals surface area (Å²) < 4.78 is 0. The fourth-order valence-corrected chi connectivity index (χ4v) is 3.51. The maximum atomic E-state index is 12.0. The van der Waals surface area contributed by atoms with Crippen molar-refractivity contribution in [2.45, 2.75) is 39.0 Å². The van der Waals surface area contributed by atoms with E-state index >= 15 is 0 Å². The minimum absolute atomic E-state index is 0.0484. The quantitative estimate of drug-likeness (QED) is 0.483. The number of hydrogen-bond acceptors (Lipinski definition) is 5. The number of amides is 2. The standard InChI is InChI=1S/C17H21N3O4/c1-12-4-3-9-18(11-12)14-8-7-13(10-15(14)20(23)24)19-16(21)5-2-6-17(19)22/h7-8,10,12H,2-6,9,11H2,1H3. The van der Waals surface area contributed by atoms with Crippen LogP contribution in [0.2, 0.25) is 0 Å². The SMILES string of the molecule is CC1CCCN(c2ccc(N3C(=O)CCCC3=O)cc2[N+](=O)[O-])C1. The van der Waals surface area contributed by atoms with Crippen LogP contribution in [-0.4, -0.2) is 29.8 Å². The van der Waals surface area contributed by atoms with Crippen molar-refractivity contribution in [2.24, 2.45) is 5.92 Å². The Kier molecular flexibility index (Phi) is 4.51. The van der Waals surface area contributed by atoms with Gasteiger partial charge in [0.2, 0.25) is 11.8 Å². The first-order chi connectivity index (χ1) is 11.5. The van der Waals surface area contributed by atoms with Gasteiger partial charge in [0, 0.05) is 32.0 Å². The molecule has 0 bridgehead atoms. The van der Waals surface area contributed by atoms with E-state index in [0.29, 0.717) is 36.6 Å². The Labute approximate surface area is 140 Å². The van der Waals surface area contributed by atoms with E-state index in [1.807, 2.05) is 4.90 Å². The molecule has 128 valence electrons. The van der Waals surface area contributed by atoms with Crippen molar-refractivity contribution in [3.8, 4) is 0 Å². The minimum atomic E-state index is -0.434. The lowest BCUT2D eigenvalue weighted by Crippen LogP contribution is -2.40. The molecule has 7 heteroatoms. The molecule has 7 nitrogen and oxygen atoms in total. The van der Waals surface area contributed by atoms with E-state index in [1.54, 1.807) is 12.1 Å². The van der Waals surface area contributed by atoms with Crippen LogP contribution in [0.1, 0.15) is 39.0 Å². The van der Waals surface area contributed by atoms with Gasteiger partial charge in [-0.2, -0.15) is 0 Å². The molecule has 1 aromatic rings. The van der Waals surface area contributed by atoms with Crippen LogP contribution in [0.4, 0.5) is 17.1 Å². The van der Waals surface area contributed by atoms with Crippen LogP contribution in [0, 0.1) is 16.0 Å². The van der Waals surface area contributed by atoms with Crippen molar-refractivity contribution in [2.75, 3.05) is 22.9 Å². The number of benzene rings is 1. The number of anilines is 2. The normalized spacial score (nSPS) is 22.0. The average Bonchev–Trinajstić information content (AvgIpc) is 2.54. The lowest BCUT2D eigenvalue weighted by molar-refractivity contribution is -0.384. The topological polar surface area (TPSA) is 83.8 Å². The number of nitro groups is 1. The van der Waals surface area contributed by atoms with E-state index in [1.165, 1.54) is 6.07 Å². The zero-order valence-corrected chi connectivity index (χ0v) is 13.7. The molecule has 0 aromatic heterocycles. The highest BCUT2D eigenvalue weighted by atomic mass is 16.6. The molecule has 2 fully saturated rings. The number of rotatable bonds is 3. The fourth-order valence-electron chi connectivity index (χ4n) is 3.51. The highest BCUT2D eigenvalue weighted by Gasteiger charge is 2.30. The van der Waals surface area contributed by atoms with Crippen LogP contribution in [0.5, 0.6) is 0 Å². The number of carbonyl (C=O) groups is 2. The molecule has 2 aliphatic rings. The van der Waals surface area contributed by atoms with Crippen molar-refractivity contribution in [3.63, 3.8) is 0 Å². The molecule has 3 rings (SSSR count). The molecular formula is C17H21N3O4. The van der Waals surface area contributed by atoms with Gasteiger partial charge in [-0.3, -0.25) is 24.6 Å². The Balaban J connectivity index is 1.97. The van der Waals surface area contributed by atoms with Gasteiger partial charge in [-0.1, -0.05) is 6.92 Å². The van der Waals surface area contributed by atoms with E-state index in [2.05, 4.69) is 6.92 Å². The average molecular weight is 331 g/mol. The van der Waals surface area contributed by atoms with Gasteiger partial charge in [-0.05, 0) is 37.3 Å². The third-order valence-corrected chi connectivity index (χ3v) is 4.69. The molecule has 1 unspecified atom stereocenters. The number of imide groups is 1. The molecule has 0 spiro atoms. The molecule has 0 saturated carbocycles. The molecule has 2 heterocycles. The van der Waals surface area contributed by atoms with E-state index in [-0.39, 0.29) is 17.5 Å². The first-order valence-corrected chi connectivity index (χ1v) is 8.36. The van der Waals surface area contributed by atoms with Gasteiger partial charge in [-0.25, -0.2) is 0 Å². The van der Waals surface area contributed by atoms with Crippen LogP contribution in [0.25, 0.3) is 0 Å². The first kappa shape index (κ1) is 16.4. The molecule has 0 aliphatic carbocycles. The van der Waals surface area contributed by atoms with Crippen LogP contribution in [0.15, 0.2) is 18.2 Å². The van der Waals surface area contributed by atoms with E-state index in [0.717, 1.165) is 30.8 Å². The second-order valence-electron chi connectivity index (χ2n) is 6.60. The van der Waals surface area contributed by atoms with E-state index < -0.39 is 4.92 Å². The molecule has 1 aromatic carbocycles. The number of nitrogens with zero attached hydrogens (tertiary/aromatic N) is 3. The first-order valence-electron chi connectivity index (χ1n) is 8.36. The number of hydrogen-bond donors (Lipinski definition) is 0. The third kappa shape index (κ3) is 3.11. The van der Waals surface area contributed by atoms with Crippen molar-refractivity contribution in [3.05, 3.63) is 28.3 Å². The second kappa shape index (κ2) is 6.59. The summed E-state index contributed by atoms with van der Waals surface area (Å²) >= 11 is 0. The predicted molar refractivity (Wildman–Crippen MR) is 90.1 cm³/mol. The summed E-state index contributed by atoms with van der Waals surface area (Å²) in [5.41, 5.74) is 0.810. The summed E-state index contributed by atoms with van der Waals surface area (Å²) in [6.45, 7) is 3.70. The zero-order chi connectivity index (χ0) is 17.3. The Hall–Kier alpha value is -2.44. The van der Waals surface area contributed by atoms with Crippen LogP contribution in [-0.2, 0) is 9.59 Å². The molecule has 2 aliphatic heterocycles. The summed E-state index contributed by atoms with van der Waals surface area (Å²) in [7, 11) is 0. The van der Waals surface area contributed by atoms with Gasteiger partial charge in [-0.15, -0.1) is 0 Å². The number of nitro benzene ring substituents is 1. The van der Waals surface area contributed by atoms with Gasteiger partial charge in [0.15, 0.2) is 0 Å². The lowest BCUT2D eigenvalue weighted by atomic mass is 9.99. The van der Waals surface area contributed by atoms with Gasteiger partial charge < -0.3 is 4.90 Å². The van der Waals surface area contributed by atoms with Gasteiger partial charge in [0.1, 0.15) is 5.69 Å². The van der Waals surface area contributed by atoms with Gasteiger partial charge in [0.05, 0.1) is 10.6 Å². The number of piperidine rings is 2. The van der Waals surface area contributed by atoms with Crippen molar-refractivity contribution < 1.29 is 14.5 Å². The summed E-state index contributed by atoms with van der Waals surface area (Å²) in [4.78, 5) is 38.3. The fraction of sp³-hybridized carbons (Fsp3) is 0.529. The molecule has 2 saturated heterocycles. The smallest absolute Gasteiger partial charge is 0.294 e. The maximum absolute atomic E-state index is 12.0. The van der Waals surface area contributed by atoms with Crippen LogP contribution in [0.3, 0.4) is 0 Å². The van der Waals surface area contributed by atoms with Gasteiger partial charge in [0.25, 0.3) is 5.69 Å². The van der Waals surface area contributed by atoms with Crippen molar-refractivity contribution in [1.29, 1.82) is 0 Å². The Morgan fingerprint density at radius 2 is 1.88 bits per heavy atom. The largest absolute Gasteiger partial charge is 0.366 e. The number of carbonyl (C=O) groups excluding carboxylic acids is 2. The van der Waals surface area contributed by atoms with Crippen LogP contribution < -0.4 is 9.80 Å². The van der Waals surface area contributed by atoms with E-state index in [9.17, 15) is 19.7 Å². The highest BCUT2D eigenvalue weighted by Crippen LogP contribution is 2.35. The lowest BCUT2D eigenvalue weighted by Gasteiger charge is -2.33. The monoisotopic (exact) mass is 331 g/mol. The molecule has 1 atom stereocenters. The minimum Gasteiger partial charge on any atom is -0.366 e. The second-order valence-corrected chi connectivity index (χ2v) is 6.60. The van der Waals surface area contributed by atoms with Crippen molar-refractivity contribution in [1.82, 2.24) is 0 Å². The maximum Gasteiger partial charge on any atom is 0.294 e. The Morgan fingerprint density at radius 1 is 1.17 bits per heavy atom. The van der Waals surface area contributed by atoms with Crippen molar-refractivity contribution >= 4 is 28.9 Å². The summed E-state index contributed by atoms with van der Waals surface area (Å²) in [6.07, 6.45) is 3.26. The molecule has 2 amide bonds. The van der Waals surface area contributed by atoms with Crippen LogP contribution >= 0.6 is 0 Å². The molecule has 0 N–H and O–H groups in total. The predicted octanol–water partition coefficient (Wildman–Crippen LogP) is 2.87. The Morgan fingerprint density at radius 3 is 2.50 bits per heavy atom. The summed E-state index contributed by atoms with van der Waals surface area (Å²) in [5, 5.41) is 11.5. The molecule has 24 heavy (non-hydrogen) atoms. The van der Waals surface area contributed by atoms with Gasteiger partial charge >= 0.3 is 0 Å². The molecule has 0 radical (unpaired) electrons. The summed E-state index contributed by atoms with van der Waals surface area (Å²) in [6, 6.07) is 4.67. The third-order valence-electron chi connectivity index (χ3n) is 4.69.